The van der Waals surface area contributed by atoms with Crippen LogP contribution in [-0.2, 0) is 4.74 Å². The molecule has 1 saturated carbocycles. The largest absolute Gasteiger partial charge is 0.490 e. The first-order chi connectivity index (χ1) is 20.6. The molecule has 42 heavy (non-hydrogen) atoms. The summed E-state index contributed by atoms with van der Waals surface area (Å²) in [6, 6.07) is 13.9. The number of ether oxygens (including phenoxy) is 2. The average Bonchev–Trinajstić information content (AvgIpc) is 3.74. The lowest BCUT2D eigenvalue weighted by atomic mass is 9.99. The SMILES string of the molecule is Cc1nc(C2CCCC2)ccc1-c1cc2cnc(Nc3ccc(OC4CCNCC4)cc3)nc2n(C2CCOC2)c1=O. The van der Waals surface area contributed by atoms with Gasteiger partial charge in [-0.25, -0.2) is 4.98 Å². The number of piperidine rings is 1. The maximum Gasteiger partial charge on any atom is 0.260 e. The minimum absolute atomic E-state index is 0.0689. The van der Waals surface area contributed by atoms with E-state index in [2.05, 4.69) is 27.8 Å². The van der Waals surface area contributed by atoms with Crippen LogP contribution >= 0.6 is 0 Å². The van der Waals surface area contributed by atoms with Gasteiger partial charge in [-0.2, -0.15) is 4.98 Å². The molecule has 1 unspecified atom stereocenters. The molecule has 3 aromatic heterocycles. The highest BCUT2D eigenvalue weighted by Crippen LogP contribution is 2.35. The Morgan fingerprint density at radius 3 is 2.52 bits per heavy atom. The molecule has 0 bridgehead atoms. The van der Waals surface area contributed by atoms with E-state index in [4.69, 9.17) is 19.4 Å². The smallest absolute Gasteiger partial charge is 0.260 e. The van der Waals surface area contributed by atoms with Gasteiger partial charge in [-0.15, -0.1) is 0 Å². The molecule has 2 saturated heterocycles. The molecule has 1 aromatic carbocycles. The van der Waals surface area contributed by atoms with Gasteiger partial charge in [0, 0.05) is 52.3 Å². The Morgan fingerprint density at radius 1 is 0.976 bits per heavy atom. The Bertz CT molecular complexity index is 1620. The van der Waals surface area contributed by atoms with Gasteiger partial charge in [0.15, 0.2) is 0 Å². The first-order valence-corrected chi connectivity index (χ1v) is 15.3. The summed E-state index contributed by atoms with van der Waals surface area (Å²) in [6.45, 7) is 5.11. The zero-order valence-electron chi connectivity index (χ0n) is 24.1. The van der Waals surface area contributed by atoms with Crippen molar-refractivity contribution in [2.45, 2.75) is 69.9 Å². The number of fused-ring (bicyclic) bond motifs is 1. The summed E-state index contributed by atoms with van der Waals surface area (Å²) in [7, 11) is 0. The molecule has 218 valence electrons. The number of nitrogens with one attached hydrogen (secondary N) is 2. The van der Waals surface area contributed by atoms with Crippen LogP contribution in [0.5, 0.6) is 5.75 Å². The van der Waals surface area contributed by atoms with Gasteiger partial charge in [-0.05, 0) is 88.5 Å². The normalized spacial score (nSPS) is 19.9. The summed E-state index contributed by atoms with van der Waals surface area (Å²) in [6.07, 6.45) is 9.76. The predicted molar refractivity (Wildman–Crippen MR) is 164 cm³/mol. The standard InChI is InChI=1S/C33H38N6O3/c1-21-28(10-11-30(36-21)22-4-2-3-5-22)29-18-23-19-35-33(38-31(23)39(32(29)40)25-14-17-41-20-25)37-24-6-8-26(9-7-24)42-27-12-15-34-16-13-27/h6-11,18-19,22,25,27,34H,2-5,12-17,20H2,1H3,(H,35,37,38). The summed E-state index contributed by atoms with van der Waals surface area (Å²) < 4.78 is 13.7. The maximum atomic E-state index is 14.1. The summed E-state index contributed by atoms with van der Waals surface area (Å²) in [4.78, 5) is 28.5. The van der Waals surface area contributed by atoms with Crippen molar-refractivity contribution in [2.75, 3.05) is 31.6 Å². The molecule has 4 aromatic rings. The zero-order valence-corrected chi connectivity index (χ0v) is 24.1. The van der Waals surface area contributed by atoms with Gasteiger partial charge in [0.25, 0.3) is 5.56 Å². The molecule has 2 N–H and O–H groups in total. The first kappa shape index (κ1) is 27.0. The third kappa shape index (κ3) is 5.51. The fourth-order valence-corrected chi connectivity index (χ4v) is 6.60. The molecule has 1 aliphatic carbocycles. The van der Waals surface area contributed by atoms with Crippen LogP contribution < -0.4 is 20.9 Å². The van der Waals surface area contributed by atoms with Crippen molar-refractivity contribution < 1.29 is 9.47 Å². The van der Waals surface area contributed by atoms with Crippen molar-refractivity contribution in [2.24, 2.45) is 0 Å². The van der Waals surface area contributed by atoms with Crippen molar-refractivity contribution >= 4 is 22.7 Å². The van der Waals surface area contributed by atoms with E-state index in [1.807, 2.05) is 41.8 Å². The molecule has 0 amide bonds. The minimum Gasteiger partial charge on any atom is -0.490 e. The highest BCUT2D eigenvalue weighted by atomic mass is 16.5. The number of nitrogens with zero attached hydrogens (tertiary/aromatic N) is 4. The van der Waals surface area contributed by atoms with E-state index in [9.17, 15) is 4.79 Å². The lowest BCUT2D eigenvalue weighted by Crippen LogP contribution is -2.34. The van der Waals surface area contributed by atoms with Crippen LogP contribution in [0.15, 0.2) is 53.5 Å². The second-order valence-corrected chi connectivity index (χ2v) is 11.8. The van der Waals surface area contributed by atoms with E-state index in [1.165, 1.54) is 25.7 Å². The van der Waals surface area contributed by atoms with Gasteiger partial charge >= 0.3 is 0 Å². The zero-order chi connectivity index (χ0) is 28.5. The van der Waals surface area contributed by atoms with Crippen molar-refractivity contribution in [1.82, 2.24) is 24.8 Å². The topological polar surface area (TPSA) is 103 Å². The van der Waals surface area contributed by atoms with E-state index >= 15 is 0 Å². The molecule has 9 nitrogen and oxygen atoms in total. The predicted octanol–water partition coefficient (Wildman–Crippen LogP) is 5.66. The first-order valence-electron chi connectivity index (χ1n) is 15.3. The lowest BCUT2D eigenvalue weighted by molar-refractivity contribution is 0.162. The maximum absolute atomic E-state index is 14.1. The number of aryl methyl sites for hydroxylation is 1. The van der Waals surface area contributed by atoms with Gasteiger partial charge in [0.05, 0.1) is 12.6 Å². The third-order valence-corrected chi connectivity index (χ3v) is 8.91. The quantitative estimate of drug-likeness (QED) is 0.296. The van der Waals surface area contributed by atoms with Crippen molar-refractivity contribution in [3.63, 3.8) is 0 Å². The fourth-order valence-electron chi connectivity index (χ4n) is 6.60. The summed E-state index contributed by atoms with van der Waals surface area (Å²) in [5.74, 6) is 1.82. The Balaban J connectivity index is 1.20. The van der Waals surface area contributed by atoms with E-state index < -0.39 is 0 Å². The molecule has 0 radical (unpaired) electrons. The van der Waals surface area contributed by atoms with Crippen LogP contribution in [0.25, 0.3) is 22.2 Å². The number of benzene rings is 1. The van der Waals surface area contributed by atoms with Crippen LogP contribution in [0.3, 0.4) is 0 Å². The number of hydrogen-bond donors (Lipinski definition) is 2. The van der Waals surface area contributed by atoms with E-state index in [-0.39, 0.29) is 17.7 Å². The molecule has 0 spiro atoms. The van der Waals surface area contributed by atoms with Crippen molar-refractivity contribution in [1.29, 1.82) is 0 Å². The van der Waals surface area contributed by atoms with Gasteiger partial charge < -0.3 is 20.1 Å². The molecule has 9 heteroatoms. The molecule has 3 fully saturated rings. The van der Waals surface area contributed by atoms with Crippen LogP contribution in [0.4, 0.5) is 11.6 Å². The molecular weight excluding hydrogens is 528 g/mol. The molecule has 3 aliphatic rings. The molecule has 5 heterocycles. The van der Waals surface area contributed by atoms with Crippen LogP contribution in [0, 0.1) is 6.92 Å². The average molecular weight is 567 g/mol. The second-order valence-electron chi connectivity index (χ2n) is 11.8. The van der Waals surface area contributed by atoms with Crippen LogP contribution in [0.1, 0.15) is 68.3 Å². The van der Waals surface area contributed by atoms with Gasteiger partial charge in [0.1, 0.15) is 17.5 Å². The minimum atomic E-state index is -0.0832. The Kier molecular flexibility index (Phi) is 7.61. The number of anilines is 2. The van der Waals surface area contributed by atoms with Crippen LogP contribution in [-0.4, -0.2) is 51.9 Å². The van der Waals surface area contributed by atoms with Crippen molar-refractivity contribution in [3.05, 3.63) is 70.4 Å². The summed E-state index contributed by atoms with van der Waals surface area (Å²) >= 11 is 0. The number of rotatable bonds is 7. The summed E-state index contributed by atoms with van der Waals surface area (Å²) in [5, 5.41) is 7.49. The number of aromatic nitrogens is 4. The third-order valence-electron chi connectivity index (χ3n) is 8.91. The fraction of sp³-hybridized carbons (Fsp3) is 0.455. The Morgan fingerprint density at radius 2 is 1.79 bits per heavy atom. The Labute approximate surface area is 245 Å². The number of hydrogen-bond acceptors (Lipinski definition) is 8. The van der Waals surface area contributed by atoms with Gasteiger partial charge in [0.2, 0.25) is 5.95 Å². The highest BCUT2D eigenvalue weighted by molar-refractivity contribution is 5.82. The lowest BCUT2D eigenvalue weighted by Gasteiger charge is -2.23. The van der Waals surface area contributed by atoms with E-state index in [0.29, 0.717) is 36.3 Å². The monoisotopic (exact) mass is 566 g/mol. The number of pyridine rings is 2. The Hall–Kier alpha value is -3.82. The molecule has 2 aliphatic heterocycles. The molecule has 7 rings (SSSR count). The van der Waals surface area contributed by atoms with Gasteiger partial charge in [-0.3, -0.25) is 14.3 Å². The summed E-state index contributed by atoms with van der Waals surface area (Å²) in [5.41, 5.74) is 4.92. The highest BCUT2D eigenvalue weighted by Gasteiger charge is 2.25. The van der Waals surface area contributed by atoms with Crippen LogP contribution in [0.2, 0.25) is 0 Å². The second kappa shape index (κ2) is 11.8. The molecule has 1 atom stereocenters. The van der Waals surface area contributed by atoms with Crippen molar-refractivity contribution in [3.8, 4) is 16.9 Å². The van der Waals surface area contributed by atoms with E-state index in [0.717, 1.165) is 66.1 Å². The molecular formula is C33H38N6O3. The van der Waals surface area contributed by atoms with E-state index in [1.54, 1.807) is 6.20 Å². The van der Waals surface area contributed by atoms with Gasteiger partial charge in [-0.1, -0.05) is 18.9 Å².